The molecule has 2 aromatic heterocycles. The van der Waals surface area contributed by atoms with Crippen LogP contribution in [0.15, 0.2) is 55.1 Å². The minimum Gasteiger partial charge on any atom is -0.347 e. The zero-order valence-corrected chi connectivity index (χ0v) is 27.6. The minimum atomic E-state index is -2.62. The van der Waals surface area contributed by atoms with Gasteiger partial charge in [-0.25, -0.2) is 15.0 Å². The van der Waals surface area contributed by atoms with Crippen LogP contribution in [0.25, 0.3) is 11.2 Å². The highest BCUT2D eigenvalue weighted by molar-refractivity contribution is 8.68. The fourth-order valence-electron chi connectivity index (χ4n) is 6.52. The van der Waals surface area contributed by atoms with Crippen molar-refractivity contribution in [1.82, 2.24) is 19.5 Å². The van der Waals surface area contributed by atoms with Crippen molar-refractivity contribution >= 4 is 51.8 Å². The maximum absolute atomic E-state index is 12.8. The number of nitrogens with one attached hydrogen (secondary N) is 1. The normalized spacial score (nSPS) is 35.8. The molecule has 1 amide bonds. The predicted molar refractivity (Wildman–Crippen MR) is 171 cm³/mol. The van der Waals surface area contributed by atoms with E-state index in [4.69, 9.17) is 35.1 Å². The molecule has 0 spiro atoms. The summed E-state index contributed by atoms with van der Waals surface area (Å²) in [5.74, 6) is -0.365. The highest BCUT2D eigenvalue weighted by atomic mass is 32.9. The van der Waals surface area contributed by atoms with E-state index < -0.39 is 36.0 Å². The molecule has 4 fully saturated rings. The van der Waals surface area contributed by atoms with Gasteiger partial charge in [-0.15, -0.1) is 0 Å². The second-order valence-electron chi connectivity index (χ2n) is 12.6. The summed E-state index contributed by atoms with van der Waals surface area (Å²) in [7, 11) is 0. The van der Waals surface area contributed by atoms with Crippen molar-refractivity contribution in [3.8, 4) is 0 Å². The Morgan fingerprint density at radius 2 is 1.98 bits per heavy atom. The van der Waals surface area contributed by atoms with Gasteiger partial charge < -0.3 is 28.6 Å². The highest BCUT2D eigenvalue weighted by Gasteiger charge is 2.58. The molecule has 7 rings (SSSR count). The molecule has 1 N–H and O–H groups in total. The number of allylic oxidation sites excluding steroid dienone is 1. The van der Waals surface area contributed by atoms with Crippen LogP contribution < -0.4 is 5.32 Å². The van der Waals surface area contributed by atoms with E-state index in [1.165, 1.54) is 11.9 Å². The summed E-state index contributed by atoms with van der Waals surface area (Å²) in [5.41, 5.74) is 0.0179. The molecule has 2 unspecified atom stereocenters. The van der Waals surface area contributed by atoms with Gasteiger partial charge in [0.2, 0.25) is 5.69 Å². The summed E-state index contributed by atoms with van der Waals surface area (Å²) in [6.07, 6.45) is 4.13. The number of carbonyl (C=O) groups is 1. The number of anilines is 1. The SMILES string of the molecule is C=C(C)[C@H]1CC[C@@]2(C)SP(=S)(OC[C@H]3O[C@@H](n4cnc5c(NC(=O)c6ccccc6)ncnc54)[C@@H]4OC(C)(C)O[C@@H]43)OC2C1. The summed E-state index contributed by atoms with van der Waals surface area (Å²) in [4.78, 5) is 26.1. The maximum atomic E-state index is 12.8. The van der Waals surface area contributed by atoms with Gasteiger partial charge in [0, 0.05) is 10.3 Å². The van der Waals surface area contributed by atoms with Gasteiger partial charge in [0.05, 0.1) is 19.0 Å². The molecule has 3 aliphatic heterocycles. The third-order valence-electron chi connectivity index (χ3n) is 8.87. The average molecular weight is 658 g/mol. The lowest BCUT2D eigenvalue weighted by atomic mass is 9.77. The highest BCUT2D eigenvalue weighted by Crippen LogP contribution is 2.75. The number of benzene rings is 1. The van der Waals surface area contributed by atoms with E-state index in [0.717, 1.165) is 19.3 Å². The molecule has 3 aromatic rings. The largest absolute Gasteiger partial charge is 0.347 e. The first-order valence-electron chi connectivity index (χ1n) is 14.8. The number of amides is 1. The van der Waals surface area contributed by atoms with E-state index in [-0.39, 0.29) is 23.4 Å². The molecule has 234 valence electrons. The number of rotatable bonds is 7. The van der Waals surface area contributed by atoms with Gasteiger partial charge in [-0.1, -0.05) is 41.7 Å². The van der Waals surface area contributed by atoms with Crippen molar-refractivity contribution in [3.63, 3.8) is 0 Å². The Morgan fingerprint density at radius 3 is 2.75 bits per heavy atom. The molecule has 11 nitrogen and oxygen atoms in total. The first-order chi connectivity index (χ1) is 20.9. The summed E-state index contributed by atoms with van der Waals surface area (Å²) in [5, 5.41) is 2.85. The number of imidazole rings is 1. The fourth-order valence-corrected chi connectivity index (χ4v) is 13.7. The van der Waals surface area contributed by atoms with Crippen molar-refractivity contribution in [2.24, 2.45) is 5.92 Å². The van der Waals surface area contributed by atoms with Gasteiger partial charge in [0.25, 0.3) is 5.91 Å². The molecule has 1 aromatic carbocycles. The van der Waals surface area contributed by atoms with Crippen molar-refractivity contribution in [2.45, 2.75) is 88.1 Å². The Kier molecular flexibility index (Phi) is 7.77. The minimum absolute atomic E-state index is 0.0392. The number of ether oxygens (including phenoxy) is 3. The molecule has 0 radical (unpaired) electrons. The van der Waals surface area contributed by atoms with Crippen molar-refractivity contribution < 1.29 is 28.1 Å². The maximum Gasteiger partial charge on any atom is 0.256 e. The van der Waals surface area contributed by atoms with Crippen molar-refractivity contribution in [1.29, 1.82) is 0 Å². The number of hydrogen-bond acceptors (Lipinski definition) is 11. The molecule has 1 aliphatic carbocycles. The monoisotopic (exact) mass is 657 g/mol. The van der Waals surface area contributed by atoms with E-state index in [1.807, 2.05) is 19.9 Å². The molecule has 8 atom stereocenters. The van der Waals surface area contributed by atoms with Crippen molar-refractivity contribution in [3.05, 3.63) is 60.7 Å². The number of nitrogens with zero attached hydrogens (tertiary/aromatic N) is 4. The predicted octanol–water partition coefficient (Wildman–Crippen LogP) is 6.00. The second-order valence-corrected chi connectivity index (χ2v) is 19.2. The number of fused-ring (bicyclic) bond motifs is 3. The van der Waals surface area contributed by atoms with Crippen LogP contribution in [0, 0.1) is 5.92 Å². The van der Waals surface area contributed by atoms with Gasteiger partial charge in [-0.05, 0) is 76.8 Å². The Morgan fingerprint density at radius 1 is 1.20 bits per heavy atom. The molecule has 3 saturated heterocycles. The van der Waals surface area contributed by atoms with Crippen LogP contribution in [0.5, 0.6) is 0 Å². The van der Waals surface area contributed by atoms with Gasteiger partial charge in [0.1, 0.15) is 24.6 Å². The van der Waals surface area contributed by atoms with Gasteiger partial charge >= 0.3 is 0 Å². The second kappa shape index (κ2) is 11.2. The summed E-state index contributed by atoms with van der Waals surface area (Å²) in [6, 6.07) is 8.93. The van der Waals surface area contributed by atoms with Crippen LogP contribution >= 0.6 is 17.1 Å². The van der Waals surface area contributed by atoms with Crippen LogP contribution in [0.3, 0.4) is 0 Å². The average Bonchev–Trinajstić information content (AvgIpc) is 3.70. The van der Waals surface area contributed by atoms with E-state index >= 15 is 0 Å². The summed E-state index contributed by atoms with van der Waals surface area (Å²) < 4.78 is 33.9. The third-order valence-corrected chi connectivity index (χ3v) is 14.7. The molecule has 44 heavy (non-hydrogen) atoms. The Bertz CT molecular complexity index is 1660. The Hall–Kier alpha value is -2.22. The van der Waals surface area contributed by atoms with E-state index in [2.05, 4.69) is 40.7 Å². The lowest BCUT2D eigenvalue weighted by molar-refractivity contribution is -0.198. The Labute approximate surface area is 265 Å². The van der Waals surface area contributed by atoms with Crippen LogP contribution in [-0.4, -0.2) is 67.0 Å². The molecule has 5 heterocycles. The summed E-state index contributed by atoms with van der Waals surface area (Å²) in [6.45, 7) is 12.5. The van der Waals surface area contributed by atoms with Crippen molar-refractivity contribution in [2.75, 3.05) is 11.9 Å². The fraction of sp³-hybridized carbons (Fsp3) is 0.533. The zero-order chi connectivity index (χ0) is 30.9. The first kappa shape index (κ1) is 30.4. The zero-order valence-electron chi connectivity index (χ0n) is 25.0. The smallest absolute Gasteiger partial charge is 0.256 e. The molecule has 1 saturated carbocycles. The van der Waals surface area contributed by atoms with Gasteiger partial charge in [-0.2, -0.15) is 0 Å². The van der Waals surface area contributed by atoms with Gasteiger partial charge in [0.15, 0.2) is 29.0 Å². The molecule has 14 heteroatoms. The quantitative estimate of drug-likeness (QED) is 0.238. The first-order valence-corrected chi connectivity index (χ1v) is 18.8. The van der Waals surface area contributed by atoms with Crippen LogP contribution in [0.1, 0.15) is 63.5 Å². The van der Waals surface area contributed by atoms with Crippen LogP contribution in [0.2, 0.25) is 0 Å². The van der Waals surface area contributed by atoms with Gasteiger partial charge in [-0.3, -0.25) is 9.36 Å². The molecule has 0 bridgehead atoms. The topological polar surface area (TPSA) is 119 Å². The lowest BCUT2D eigenvalue weighted by Crippen LogP contribution is -2.39. The lowest BCUT2D eigenvalue weighted by Gasteiger charge is -2.37. The summed E-state index contributed by atoms with van der Waals surface area (Å²) >= 11 is 7.71. The van der Waals surface area contributed by atoms with E-state index in [0.29, 0.717) is 28.5 Å². The number of carbonyl (C=O) groups excluding carboxylic acids is 1. The molecule has 4 aliphatic rings. The Balaban J connectivity index is 1.10. The van der Waals surface area contributed by atoms with Crippen LogP contribution in [0.4, 0.5) is 5.82 Å². The molecular weight excluding hydrogens is 621 g/mol. The van der Waals surface area contributed by atoms with E-state index in [9.17, 15) is 4.79 Å². The number of hydrogen-bond donors (Lipinski definition) is 1. The third kappa shape index (κ3) is 5.55. The van der Waals surface area contributed by atoms with E-state index in [1.54, 1.807) is 46.5 Å². The van der Waals surface area contributed by atoms with Crippen LogP contribution in [-0.2, 0) is 35.1 Å². The number of aromatic nitrogens is 4. The standard InChI is InChI=1S/C30H36N5O6PS2/c1-17(2)19-11-12-30(5)21(13-19)41-42(43,44-30)37-14-20-23-24(40-29(3,4)39-23)28(38-20)35-16-33-22-25(31-15-32-26(22)35)34-27(36)18-9-7-6-8-10-18/h6-10,15-16,19-21,23-24,28H,1,11-14H2,2-5H3,(H,31,32,34,36)/t19-,20+,21?,23+,24+,28+,30+,42?/m0/s1. The molecular formula is C30H36N5O6PS2.